The van der Waals surface area contributed by atoms with Gasteiger partial charge >= 0.3 is 5.97 Å². The lowest BCUT2D eigenvalue weighted by Crippen LogP contribution is -2.45. The number of nitrogens with zero attached hydrogens (tertiary/aromatic N) is 1. The van der Waals surface area contributed by atoms with Crippen LogP contribution in [0.25, 0.3) is 0 Å². The molecule has 6 heteroatoms. The van der Waals surface area contributed by atoms with Crippen LogP contribution in [-0.4, -0.2) is 34.5 Å². The zero-order valence-electron chi connectivity index (χ0n) is 15.7. The molecule has 0 radical (unpaired) electrons. The molecular weight excluding hydrogens is 358 g/mol. The van der Waals surface area contributed by atoms with Gasteiger partial charge in [-0.2, -0.15) is 0 Å². The number of likely N-dealkylation sites (tertiary alicyclic amines) is 1. The Bertz CT molecular complexity index is 914. The molecule has 1 aromatic carbocycles. The van der Waals surface area contributed by atoms with E-state index in [9.17, 15) is 19.2 Å². The lowest BCUT2D eigenvalue weighted by atomic mass is 9.63. The first-order valence-electron chi connectivity index (χ1n) is 9.77. The minimum Gasteiger partial charge on any atom is -0.424 e. The predicted octanol–water partition coefficient (Wildman–Crippen LogP) is 2.24. The summed E-state index contributed by atoms with van der Waals surface area (Å²) in [5, 5.41) is 0. The van der Waals surface area contributed by atoms with Crippen LogP contribution in [0.5, 0.6) is 5.75 Å². The molecule has 4 aliphatic carbocycles. The molecule has 6 nitrogen and oxygen atoms in total. The highest BCUT2D eigenvalue weighted by Gasteiger charge is 2.67. The number of esters is 1. The first kappa shape index (κ1) is 17.3. The predicted molar refractivity (Wildman–Crippen MR) is 98.1 cm³/mol. The molecule has 2 amide bonds. The molecule has 144 valence electrons. The van der Waals surface area contributed by atoms with E-state index in [0.29, 0.717) is 11.8 Å². The van der Waals surface area contributed by atoms with Crippen molar-refractivity contribution >= 4 is 23.6 Å². The number of imide groups is 1. The highest BCUT2D eigenvalue weighted by molar-refractivity contribution is 6.09. The first-order valence-corrected chi connectivity index (χ1v) is 9.77. The molecule has 1 heterocycles. The fourth-order valence-corrected chi connectivity index (χ4v) is 5.51. The van der Waals surface area contributed by atoms with Gasteiger partial charge in [-0.1, -0.05) is 24.3 Å². The molecule has 7 atom stereocenters. The summed E-state index contributed by atoms with van der Waals surface area (Å²) < 4.78 is 5.41. The van der Waals surface area contributed by atoms with E-state index < -0.39 is 12.0 Å². The van der Waals surface area contributed by atoms with Crippen LogP contribution >= 0.6 is 0 Å². The van der Waals surface area contributed by atoms with Crippen molar-refractivity contribution in [2.45, 2.75) is 26.3 Å². The van der Waals surface area contributed by atoms with Crippen LogP contribution in [0.2, 0.25) is 0 Å². The third-order valence-electron chi connectivity index (χ3n) is 6.90. The second kappa shape index (κ2) is 5.87. The van der Waals surface area contributed by atoms with Gasteiger partial charge in [-0.25, -0.2) is 4.79 Å². The average Bonchev–Trinajstić information content (AvgIpc) is 3.45. The summed E-state index contributed by atoms with van der Waals surface area (Å²) in [6.45, 7) is 2.91. The number of ether oxygens (including phenoxy) is 1. The van der Waals surface area contributed by atoms with E-state index in [-0.39, 0.29) is 52.6 Å². The Kier molecular flexibility index (Phi) is 3.63. The molecule has 2 saturated carbocycles. The highest BCUT2D eigenvalue weighted by Crippen LogP contribution is 2.65. The molecule has 0 aromatic heterocycles. The molecule has 1 saturated heterocycles. The van der Waals surface area contributed by atoms with Crippen LogP contribution in [-0.2, 0) is 14.4 Å². The lowest BCUT2D eigenvalue weighted by molar-refractivity contribution is -0.152. The molecule has 1 aromatic rings. The molecule has 0 N–H and O–H groups in total. The number of hydrogen-bond acceptors (Lipinski definition) is 5. The molecule has 1 aliphatic heterocycles. The lowest BCUT2D eigenvalue weighted by Gasteiger charge is -2.37. The van der Waals surface area contributed by atoms with Crippen molar-refractivity contribution in [3.05, 3.63) is 42.0 Å². The Morgan fingerprint density at radius 2 is 1.61 bits per heavy atom. The van der Waals surface area contributed by atoms with Gasteiger partial charge in [0.1, 0.15) is 11.8 Å². The number of carbonyl (C=O) groups is 4. The fourth-order valence-electron chi connectivity index (χ4n) is 5.51. The molecule has 3 fully saturated rings. The molecule has 5 aliphatic rings. The number of Topliss-reactive ketones (excluding diaryl/α,β-unsaturated/α-hetero) is 1. The summed E-state index contributed by atoms with van der Waals surface area (Å²) in [7, 11) is 0. The molecule has 0 unspecified atom stereocenters. The Hall–Kier alpha value is -2.76. The molecule has 28 heavy (non-hydrogen) atoms. The van der Waals surface area contributed by atoms with Gasteiger partial charge in [0.05, 0.1) is 17.4 Å². The van der Waals surface area contributed by atoms with Gasteiger partial charge in [-0.05, 0) is 56.1 Å². The number of para-hydroxylation sites is 1. The number of ketones is 1. The molecule has 2 bridgehead atoms. The van der Waals surface area contributed by atoms with Crippen LogP contribution in [0, 0.1) is 35.5 Å². The SMILES string of the molecule is CC(=O)c1ccccc1OC(=O)[C@@H](C)N1C(=O)[C@@H]2[C@@H]3C=C[C@@H]([C@H]4C[C@@H]34)[C@@H]2C1=O. The molecule has 0 spiro atoms. The second-order valence-corrected chi connectivity index (χ2v) is 8.35. The number of hydrogen-bond donors (Lipinski definition) is 0. The van der Waals surface area contributed by atoms with Gasteiger partial charge < -0.3 is 4.74 Å². The van der Waals surface area contributed by atoms with Gasteiger partial charge in [0.15, 0.2) is 5.78 Å². The molecule has 6 rings (SSSR count). The maximum absolute atomic E-state index is 13.1. The van der Waals surface area contributed by atoms with Crippen molar-refractivity contribution in [1.82, 2.24) is 4.90 Å². The Labute approximate surface area is 162 Å². The van der Waals surface area contributed by atoms with E-state index in [4.69, 9.17) is 4.74 Å². The fraction of sp³-hybridized carbons (Fsp3) is 0.455. The number of benzene rings is 1. The van der Waals surface area contributed by atoms with Gasteiger partial charge in [0, 0.05) is 0 Å². The van der Waals surface area contributed by atoms with Crippen LogP contribution in [0.4, 0.5) is 0 Å². The van der Waals surface area contributed by atoms with Gasteiger partial charge in [-0.3, -0.25) is 19.3 Å². The summed E-state index contributed by atoms with van der Waals surface area (Å²) in [6, 6.07) is 5.43. The van der Waals surface area contributed by atoms with E-state index in [2.05, 4.69) is 12.2 Å². The first-order chi connectivity index (χ1) is 13.4. The van der Waals surface area contributed by atoms with Crippen molar-refractivity contribution in [3.8, 4) is 5.75 Å². The van der Waals surface area contributed by atoms with Gasteiger partial charge in [0.25, 0.3) is 0 Å². The van der Waals surface area contributed by atoms with Crippen molar-refractivity contribution in [2.75, 3.05) is 0 Å². The number of amides is 2. The minimum atomic E-state index is -1.03. The standard InChI is InChI=1S/C22H21NO5/c1-10(22(27)28-17-6-4-3-5-12(17)11(2)24)23-20(25)18-13-7-8-14(16-9-15(13)16)19(18)21(23)26/h3-8,10,13-16,18-19H,9H2,1-2H3/t10-,13-,14+,15+,16-,18-,19+/m1/s1. The van der Waals surface area contributed by atoms with Crippen LogP contribution < -0.4 is 4.74 Å². The Morgan fingerprint density at radius 3 is 2.18 bits per heavy atom. The van der Waals surface area contributed by atoms with Crippen molar-refractivity contribution < 1.29 is 23.9 Å². The van der Waals surface area contributed by atoms with Crippen LogP contribution in [0.15, 0.2) is 36.4 Å². The normalized spacial score (nSPS) is 35.4. The van der Waals surface area contributed by atoms with E-state index in [1.807, 2.05) is 0 Å². The largest absolute Gasteiger partial charge is 0.424 e. The van der Waals surface area contributed by atoms with E-state index in [0.717, 1.165) is 11.3 Å². The average molecular weight is 379 g/mol. The second-order valence-electron chi connectivity index (χ2n) is 8.35. The number of allylic oxidation sites excluding steroid dienone is 2. The zero-order valence-corrected chi connectivity index (χ0v) is 15.7. The van der Waals surface area contributed by atoms with E-state index in [1.54, 1.807) is 18.2 Å². The summed E-state index contributed by atoms with van der Waals surface area (Å²) in [6.07, 6.45) is 5.29. The highest BCUT2D eigenvalue weighted by atomic mass is 16.5. The van der Waals surface area contributed by atoms with Gasteiger partial charge in [0.2, 0.25) is 11.8 Å². The van der Waals surface area contributed by atoms with Crippen molar-refractivity contribution in [2.24, 2.45) is 35.5 Å². The maximum atomic E-state index is 13.1. The third-order valence-corrected chi connectivity index (χ3v) is 6.90. The van der Waals surface area contributed by atoms with Gasteiger partial charge in [-0.15, -0.1) is 0 Å². The topological polar surface area (TPSA) is 80.8 Å². The maximum Gasteiger partial charge on any atom is 0.334 e. The summed E-state index contributed by atoms with van der Waals surface area (Å²) in [4.78, 5) is 51.7. The Morgan fingerprint density at radius 1 is 1.04 bits per heavy atom. The summed E-state index contributed by atoms with van der Waals surface area (Å²) >= 11 is 0. The van der Waals surface area contributed by atoms with Crippen LogP contribution in [0.1, 0.15) is 30.6 Å². The third kappa shape index (κ3) is 2.26. The quantitative estimate of drug-likeness (QED) is 0.263. The molecular formula is C22H21NO5. The summed E-state index contributed by atoms with van der Waals surface area (Å²) in [5.41, 5.74) is 0.290. The van der Waals surface area contributed by atoms with Crippen molar-refractivity contribution in [3.63, 3.8) is 0 Å². The minimum absolute atomic E-state index is 0.114. The Balaban J connectivity index is 1.38. The monoisotopic (exact) mass is 379 g/mol. The number of rotatable bonds is 4. The number of carbonyl (C=O) groups excluding carboxylic acids is 4. The van der Waals surface area contributed by atoms with E-state index in [1.165, 1.54) is 19.9 Å². The van der Waals surface area contributed by atoms with Crippen molar-refractivity contribution in [1.29, 1.82) is 0 Å². The van der Waals surface area contributed by atoms with Crippen LogP contribution in [0.3, 0.4) is 0 Å². The summed E-state index contributed by atoms with van der Waals surface area (Å²) in [5.74, 6) is -0.741. The van der Waals surface area contributed by atoms with E-state index >= 15 is 0 Å². The zero-order chi connectivity index (χ0) is 19.7. The smallest absolute Gasteiger partial charge is 0.334 e.